The van der Waals surface area contributed by atoms with E-state index in [9.17, 15) is 4.79 Å². The summed E-state index contributed by atoms with van der Waals surface area (Å²) in [6.45, 7) is 4.98. The number of aryl methyl sites for hydroxylation is 1. The van der Waals surface area contributed by atoms with Crippen LogP contribution in [0.25, 0.3) is 0 Å². The Morgan fingerprint density at radius 3 is 2.56 bits per heavy atom. The first-order valence-corrected chi connectivity index (χ1v) is 8.43. The van der Waals surface area contributed by atoms with E-state index >= 15 is 0 Å². The van der Waals surface area contributed by atoms with Gasteiger partial charge in [-0.05, 0) is 37.6 Å². The Morgan fingerprint density at radius 2 is 1.84 bits per heavy atom. The van der Waals surface area contributed by atoms with Gasteiger partial charge < -0.3 is 9.30 Å². The lowest BCUT2D eigenvalue weighted by atomic mass is 10.2. The molecule has 0 aliphatic carbocycles. The molecule has 0 saturated heterocycles. The van der Waals surface area contributed by atoms with Gasteiger partial charge in [0.1, 0.15) is 0 Å². The number of hydrogen-bond acceptors (Lipinski definition) is 3. The number of carbonyl (C=O) groups excluding carboxylic acids is 1. The van der Waals surface area contributed by atoms with E-state index in [2.05, 4.69) is 9.55 Å². The summed E-state index contributed by atoms with van der Waals surface area (Å²) in [6, 6.07) is 17.8. The van der Waals surface area contributed by atoms with Crippen LogP contribution < -0.4 is 0 Å². The van der Waals surface area contributed by atoms with Gasteiger partial charge >= 0.3 is 5.97 Å². The molecule has 2 heterocycles. The van der Waals surface area contributed by atoms with E-state index in [1.807, 2.05) is 68.4 Å². The minimum absolute atomic E-state index is 0.267. The van der Waals surface area contributed by atoms with E-state index in [1.165, 1.54) is 0 Å². The van der Waals surface area contributed by atoms with Crippen LogP contribution in [0.4, 0.5) is 0 Å². The van der Waals surface area contributed by atoms with Crippen LogP contribution in [0.1, 0.15) is 33.0 Å². The molecule has 0 aliphatic rings. The average Bonchev–Trinajstić information content (AvgIpc) is 2.92. The highest BCUT2D eigenvalue weighted by molar-refractivity contribution is 5.91. The van der Waals surface area contributed by atoms with Gasteiger partial charge in [0, 0.05) is 24.0 Å². The van der Waals surface area contributed by atoms with Gasteiger partial charge in [-0.15, -0.1) is 0 Å². The van der Waals surface area contributed by atoms with Crippen molar-refractivity contribution in [3.8, 4) is 0 Å². The second kappa shape index (κ2) is 7.79. The summed E-state index contributed by atoms with van der Waals surface area (Å²) in [6.07, 6.45) is 2.50. The quantitative estimate of drug-likeness (QED) is 0.641. The lowest BCUT2D eigenvalue weighted by molar-refractivity contribution is 0.0508. The van der Waals surface area contributed by atoms with Crippen molar-refractivity contribution in [1.82, 2.24) is 9.55 Å². The maximum atomic E-state index is 12.4. The number of ether oxygens (including phenoxy) is 1. The monoisotopic (exact) mass is 334 g/mol. The summed E-state index contributed by atoms with van der Waals surface area (Å²) in [7, 11) is 0. The van der Waals surface area contributed by atoms with Gasteiger partial charge in [0.25, 0.3) is 0 Å². The molecule has 0 atom stereocenters. The fourth-order valence-corrected chi connectivity index (χ4v) is 2.89. The third-order valence-electron chi connectivity index (χ3n) is 4.31. The summed E-state index contributed by atoms with van der Waals surface area (Å²) >= 11 is 0. The molecule has 0 spiro atoms. The van der Waals surface area contributed by atoms with Crippen molar-refractivity contribution < 1.29 is 9.53 Å². The first-order chi connectivity index (χ1) is 12.1. The zero-order valence-electron chi connectivity index (χ0n) is 14.6. The Labute approximate surface area is 148 Å². The van der Waals surface area contributed by atoms with Gasteiger partial charge in [0.15, 0.2) is 0 Å². The summed E-state index contributed by atoms with van der Waals surface area (Å²) < 4.78 is 7.56. The zero-order valence-corrected chi connectivity index (χ0v) is 14.6. The van der Waals surface area contributed by atoms with Crippen molar-refractivity contribution in [2.75, 3.05) is 6.61 Å². The molecule has 4 nitrogen and oxygen atoms in total. The molecule has 0 aliphatic heterocycles. The van der Waals surface area contributed by atoms with Crippen LogP contribution in [0.3, 0.4) is 0 Å². The molecule has 0 amide bonds. The molecule has 0 radical (unpaired) electrons. The summed E-state index contributed by atoms with van der Waals surface area (Å²) in [5.74, 6) is -0.267. The molecule has 128 valence electrons. The number of nitrogens with zero attached hydrogens (tertiary/aromatic N) is 2. The normalized spacial score (nSPS) is 10.6. The SMILES string of the molecule is Cc1cc(C(=O)OCCc2ccccc2)c(C)n1Cc1ccccn1. The highest BCUT2D eigenvalue weighted by Gasteiger charge is 2.17. The average molecular weight is 334 g/mol. The molecular weight excluding hydrogens is 312 g/mol. The molecular formula is C21H22N2O2. The van der Waals surface area contributed by atoms with Crippen LogP contribution in [0.5, 0.6) is 0 Å². The maximum Gasteiger partial charge on any atom is 0.339 e. The Balaban J connectivity index is 1.66. The molecule has 0 unspecified atom stereocenters. The van der Waals surface area contributed by atoms with Crippen molar-refractivity contribution >= 4 is 5.97 Å². The zero-order chi connectivity index (χ0) is 17.6. The van der Waals surface area contributed by atoms with Crippen molar-refractivity contribution in [3.05, 3.63) is 89.0 Å². The minimum atomic E-state index is -0.267. The van der Waals surface area contributed by atoms with Crippen LogP contribution in [0.15, 0.2) is 60.8 Å². The molecule has 3 aromatic rings. The topological polar surface area (TPSA) is 44.1 Å². The highest BCUT2D eigenvalue weighted by Crippen LogP contribution is 2.17. The predicted molar refractivity (Wildman–Crippen MR) is 97.7 cm³/mol. The molecule has 0 bridgehead atoms. The van der Waals surface area contributed by atoms with Crippen molar-refractivity contribution in [1.29, 1.82) is 0 Å². The van der Waals surface area contributed by atoms with E-state index in [0.29, 0.717) is 18.7 Å². The standard InChI is InChI=1S/C21H22N2O2/c1-16-14-20(17(2)23(16)15-19-10-6-7-12-22-19)21(24)25-13-11-18-8-4-3-5-9-18/h3-10,12,14H,11,13,15H2,1-2H3. The van der Waals surface area contributed by atoms with E-state index in [0.717, 1.165) is 29.1 Å². The largest absolute Gasteiger partial charge is 0.462 e. The van der Waals surface area contributed by atoms with E-state index in [-0.39, 0.29) is 5.97 Å². The van der Waals surface area contributed by atoms with Crippen LogP contribution in [0, 0.1) is 13.8 Å². The number of rotatable bonds is 6. The smallest absolute Gasteiger partial charge is 0.339 e. The fraction of sp³-hybridized carbons (Fsp3) is 0.238. The van der Waals surface area contributed by atoms with Gasteiger partial charge in [-0.3, -0.25) is 4.98 Å². The van der Waals surface area contributed by atoms with Crippen LogP contribution >= 0.6 is 0 Å². The van der Waals surface area contributed by atoms with Crippen LogP contribution in [0.2, 0.25) is 0 Å². The molecule has 25 heavy (non-hydrogen) atoms. The van der Waals surface area contributed by atoms with E-state index in [4.69, 9.17) is 4.74 Å². The Morgan fingerprint density at radius 1 is 1.08 bits per heavy atom. The lowest BCUT2D eigenvalue weighted by Crippen LogP contribution is -2.10. The molecule has 0 saturated carbocycles. The van der Waals surface area contributed by atoms with Gasteiger partial charge in [0.05, 0.1) is 24.4 Å². The number of pyridine rings is 1. The van der Waals surface area contributed by atoms with Gasteiger partial charge in [-0.1, -0.05) is 36.4 Å². The van der Waals surface area contributed by atoms with E-state index < -0.39 is 0 Å². The number of carbonyl (C=O) groups is 1. The summed E-state index contributed by atoms with van der Waals surface area (Å²) in [5.41, 5.74) is 4.69. The number of benzene rings is 1. The first kappa shape index (κ1) is 17.0. The molecule has 1 aromatic carbocycles. The van der Waals surface area contributed by atoms with Crippen molar-refractivity contribution in [2.45, 2.75) is 26.8 Å². The Kier molecular flexibility index (Phi) is 5.29. The minimum Gasteiger partial charge on any atom is -0.462 e. The number of esters is 1. The first-order valence-electron chi connectivity index (χ1n) is 8.43. The summed E-state index contributed by atoms with van der Waals surface area (Å²) in [4.78, 5) is 16.8. The molecule has 0 fully saturated rings. The third kappa shape index (κ3) is 4.15. The Bertz CT molecular complexity index is 839. The predicted octanol–water partition coefficient (Wildman–Crippen LogP) is 3.95. The third-order valence-corrected chi connectivity index (χ3v) is 4.31. The van der Waals surface area contributed by atoms with Crippen LogP contribution in [-0.4, -0.2) is 22.1 Å². The van der Waals surface area contributed by atoms with E-state index in [1.54, 1.807) is 6.20 Å². The molecule has 0 N–H and O–H groups in total. The molecule has 2 aromatic heterocycles. The second-order valence-electron chi connectivity index (χ2n) is 6.06. The number of hydrogen-bond donors (Lipinski definition) is 0. The van der Waals surface area contributed by atoms with Gasteiger partial charge in [-0.2, -0.15) is 0 Å². The highest BCUT2D eigenvalue weighted by atomic mass is 16.5. The number of aromatic nitrogens is 2. The fourth-order valence-electron chi connectivity index (χ4n) is 2.89. The van der Waals surface area contributed by atoms with Gasteiger partial charge in [-0.25, -0.2) is 4.79 Å². The van der Waals surface area contributed by atoms with Crippen LogP contribution in [-0.2, 0) is 17.7 Å². The molecule has 3 rings (SSSR count). The van der Waals surface area contributed by atoms with Gasteiger partial charge in [0.2, 0.25) is 0 Å². The Hall–Kier alpha value is -2.88. The summed E-state index contributed by atoms with van der Waals surface area (Å²) in [5, 5.41) is 0. The molecule has 4 heteroatoms. The van der Waals surface area contributed by atoms with Crippen molar-refractivity contribution in [3.63, 3.8) is 0 Å². The maximum absolute atomic E-state index is 12.4. The second-order valence-corrected chi connectivity index (χ2v) is 6.06. The van der Waals surface area contributed by atoms with Crippen molar-refractivity contribution in [2.24, 2.45) is 0 Å². The lowest BCUT2D eigenvalue weighted by Gasteiger charge is -2.09.